The Bertz CT molecular complexity index is 2050. The van der Waals surface area contributed by atoms with Crippen LogP contribution in [0.5, 0.6) is 23.4 Å². The Labute approximate surface area is 473 Å². The fourth-order valence-corrected chi connectivity index (χ4v) is 6.41. The molecule has 0 radical (unpaired) electrons. The Kier molecular flexibility index (Phi) is 55.4. The number of hydrogen-bond donors (Lipinski definition) is 6. The molecule has 4 amide bonds. The van der Waals surface area contributed by atoms with Gasteiger partial charge in [0.1, 0.15) is 23.1 Å². The molecule has 0 unspecified atom stereocenters. The van der Waals surface area contributed by atoms with Crippen molar-refractivity contribution in [1.29, 1.82) is 0 Å². The fraction of sp³-hybridized carbons (Fsp3) is 0.476. The van der Waals surface area contributed by atoms with Gasteiger partial charge < -0.3 is 42.2 Å². The molecule has 2 aliphatic carbocycles. The minimum absolute atomic E-state index is 0.177. The van der Waals surface area contributed by atoms with Crippen LogP contribution in [0.1, 0.15) is 188 Å². The van der Waals surface area contributed by atoms with Gasteiger partial charge in [-0.25, -0.2) is 34.5 Å². The van der Waals surface area contributed by atoms with Gasteiger partial charge in [-0.05, 0) is 65.7 Å². The summed E-state index contributed by atoms with van der Waals surface area (Å²) in [7, 11) is 3.07. The van der Waals surface area contributed by atoms with Gasteiger partial charge in [0, 0.05) is 43.7 Å². The van der Waals surface area contributed by atoms with Gasteiger partial charge in [-0.2, -0.15) is 0 Å². The summed E-state index contributed by atoms with van der Waals surface area (Å²) in [5.41, 5.74) is 16.4. The van der Waals surface area contributed by atoms with Crippen LogP contribution in [0.2, 0.25) is 0 Å². The van der Waals surface area contributed by atoms with E-state index in [0.717, 1.165) is 22.3 Å². The van der Waals surface area contributed by atoms with Gasteiger partial charge in [0.05, 0.1) is 30.0 Å². The number of nitrogens with two attached hydrogens (primary N) is 2. The molecule has 436 valence electrons. The third-order valence-corrected chi connectivity index (χ3v) is 9.77. The van der Waals surface area contributed by atoms with E-state index in [1.165, 1.54) is 103 Å². The Morgan fingerprint density at radius 3 is 1.03 bits per heavy atom. The SMILES string of the molecule is C1CCCCC1.C1CCCCC1.CC.CC.CC.CC.CC.CC.CC.CC.CNC(=O)Nc1ccc(Oc2ccc(-c3cccnc3N)cc2)nc1.CNC(=O)Nc1cnc(Oc2ccc(-c3cccnc3N)cc2)nc1. The summed E-state index contributed by atoms with van der Waals surface area (Å²) in [6, 6.07) is 25.2. The maximum atomic E-state index is 11.2. The lowest BCUT2D eigenvalue weighted by Gasteiger charge is -2.08. The third-order valence-electron chi connectivity index (χ3n) is 9.77. The normalized spacial score (nSPS) is 10.8. The predicted molar refractivity (Wildman–Crippen MR) is 337 cm³/mol. The van der Waals surface area contributed by atoms with Crippen LogP contribution in [0.25, 0.3) is 22.3 Å². The number of nitrogen functional groups attached to an aromatic ring is 2. The molecular formula is C63H105N11O4. The van der Waals surface area contributed by atoms with Gasteiger partial charge in [0.25, 0.3) is 0 Å². The zero-order chi connectivity index (χ0) is 59.8. The second-order valence-corrected chi connectivity index (χ2v) is 14.4. The Morgan fingerprint density at radius 1 is 0.397 bits per heavy atom. The summed E-state index contributed by atoms with van der Waals surface area (Å²) in [6.45, 7) is 32.0. The second-order valence-electron chi connectivity index (χ2n) is 14.4. The number of anilines is 4. The van der Waals surface area contributed by atoms with Gasteiger partial charge in [-0.15, -0.1) is 0 Å². The van der Waals surface area contributed by atoms with E-state index in [0.29, 0.717) is 40.4 Å². The largest absolute Gasteiger partial charge is 0.439 e. The lowest BCUT2D eigenvalue weighted by Crippen LogP contribution is -2.24. The fourth-order valence-electron chi connectivity index (χ4n) is 6.41. The monoisotopic (exact) mass is 1080 g/mol. The number of nitrogens with zero attached hydrogens (tertiary/aromatic N) is 5. The van der Waals surface area contributed by atoms with E-state index < -0.39 is 0 Å². The number of urea groups is 2. The molecule has 2 fully saturated rings. The molecule has 15 heteroatoms. The predicted octanol–water partition coefficient (Wildman–Crippen LogP) is 18.8. The van der Waals surface area contributed by atoms with E-state index in [1.807, 2.05) is 171 Å². The topological polar surface area (TPSA) is 217 Å². The number of carbonyl (C=O) groups excluding carboxylic acids is 2. The molecule has 6 aromatic rings. The quantitative estimate of drug-likeness (QED) is 0.0842. The smallest absolute Gasteiger partial charge is 0.322 e. The summed E-state index contributed by atoms with van der Waals surface area (Å²) < 4.78 is 11.3. The molecule has 78 heavy (non-hydrogen) atoms. The van der Waals surface area contributed by atoms with Gasteiger partial charge in [0.15, 0.2) is 0 Å². The average molecular weight is 1080 g/mol. The molecule has 8 N–H and O–H groups in total. The first-order chi connectivity index (χ1) is 38.3. The van der Waals surface area contributed by atoms with Crippen molar-refractivity contribution in [2.24, 2.45) is 0 Å². The number of aromatic nitrogens is 5. The lowest BCUT2D eigenvalue weighted by molar-refractivity contribution is 0.253. The van der Waals surface area contributed by atoms with E-state index in [1.54, 1.807) is 43.7 Å². The molecule has 4 aromatic heterocycles. The molecule has 4 heterocycles. The number of carbonyl (C=O) groups is 2. The Balaban J connectivity index is -0.000000478. The highest BCUT2D eigenvalue weighted by Gasteiger charge is 2.08. The van der Waals surface area contributed by atoms with Crippen LogP contribution in [0, 0.1) is 0 Å². The molecule has 0 bridgehead atoms. The number of rotatable bonds is 8. The van der Waals surface area contributed by atoms with Crippen LogP contribution < -0.4 is 42.2 Å². The first kappa shape index (κ1) is 77.2. The number of nitrogens with one attached hydrogen (secondary N) is 4. The summed E-state index contributed by atoms with van der Waals surface area (Å²) in [5, 5.41) is 10.1. The summed E-state index contributed by atoms with van der Waals surface area (Å²) >= 11 is 0. The van der Waals surface area contributed by atoms with Crippen molar-refractivity contribution in [1.82, 2.24) is 35.6 Å². The highest BCUT2D eigenvalue weighted by atomic mass is 16.5. The van der Waals surface area contributed by atoms with Crippen molar-refractivity contribution in [3.8, 4) is 45.6 Å². The molecule has 0 saturated heterocycles. The zero-order valence-corrected chi connectivity index (χ0v) is 51.5. The van der Waals surface area contributed by atoms with Gasteiger partial charge in [-0.3, -0.25) is 0 Å². The second kappa shape index (κ2) is 55.9. The minimum atomic E-state index is -0.345. The number of hydrogen-bond acceptors (Lipinski definition) is 11. The van der Waals surface area contributed by atoms with Crippen molar-refractivity contribution >= 4 is 35.1 Å². The zero-order valence-electron chi connectivity index (χ0n) is 51.5. The first-order valence-corrected chi connectivity index (χ1v) is 29.0. The van der Waals surface area contributed by atoms with E-state index >= 15 is 0 Å². The number of ether oxygens (including phenoxy) is 2. The summed E-state index contributed by atoms with van der Waals surface area (Å²) in [5.74, 6) is 2.61. The third kappa shape index (κ3) is 35.1. The van der Waals surface area contributed by atoms with Crippen molar-refractivity contribution in [3.05, 3.63) is 116 Å². The van der Waals surface area contributed by atoms with Crippen LogP contribution >= 0.6 is 0 Å². The minimum Gasteiger partial charge on any atom is -0.439 e. The highest BCUT2D eigenvalue weighted by molar-refractivity contribution is 5.89. The lowest BCUT2D eigenvalue weighted by atomic mass is 10.0. The highest BCUT2D eigenvalue weighted by Crippen LogP contribution is 2.29. The van der Waals surface area contributed by atoms with E-state index in [4.69, 9.17) is 20.9 Å². The maximum absolute atomic E-state index is 11.2. The van der Waals surface area contributed by atoms with Crippen LogP contribution in [-0.4, -0.2) is 51.1 Å². The van der Waals surface area contributed by atoms with Crippen LogP contribution in [0.15, 0.2) is 116 Å². The van der Waals surface area contributed by atoms with E-state index in [2.05, 4.69) is 46.2 Å². The van der Waals surface area contributed by atoms with Gasteiger partial charge in [0.2, 0.25) is 5.88 Å². The van der Waals surface area contributed by atoms with E-state index in [-0.39, 0.29) is 18.1 Å². The van der Waals surface area contributed by atoms with Crippen molar-refractivity contribution in [2.75, 3.05) is 36.2 Å². The van der Waals surface area contributed by atoms with Gasteiger partial charge in [-0.1, -0.05) is 212 Å². The number of pyridine rings is 3. The molecular weight excluding hydrogens is 975 g/mol. The standard InChI is InChI=1S/C18H17N5O2.C17H16N6O2.2C6H12.8C2H6/c1-20-18(24)23-13-6-9-16(22-11-13)25-14-7-4-12(5-8-14)15-3-2-10-21-17(15)19;1-19-16(24)23-12-9-21-17(22-10-12)25-13-6-4-11(5-7-13)14-3-2-8-20-15(14)18;2*1-2-4-6-5-3-1;8*1-2/h2-11H,1H3,(H2,19,21)(H2,20,23,24);2-10H,1H3,(H2,18,20)(H2,19,23,24);2*1-6H2;8*1-2H3. The van der Waals surface area contributed by atoms with Crippen LogP contribution in [-0.2, 0) is 0 Å². The van der Waals surface area contributed by atoms with Crippen LogP contribution in [0.3, 0.4) is 0 Å². The van der Waals surface area contributed by atoms with Crippen molar-refractivity contribution in [3.63, 3.8) is 0 Å². The molecule has 15 nitrogen and oxygen atoms in total. The summed E-state index contributed by atoms with van der Waals surface area (Å²) in [6.07, 6.45) is 25.8. The molecule has 2 aliphatic rings. The van der Waals surface area contributed by atoms with Gasteiger partial charge >= 0.3 is 18.1 Å². The molecule has 0 aliphatic heterocycles. The maximum Gasteiger partial charge on any atom is 0.322 e. The van der Waals surface area contributed by atoms with Crippen LogP contribution in [0.4, 0.5) is 32.6 Å². The number of amides is 4. The van der Waals surface area contributed by atoms with Crippen molar-refractivity contribution < 1.29 is 19.1 Å². The Morgan fingerprint density at radius 2 is 0.718 bits per heavy atom. The Hall–Kier alpha value is -7.29. The molecule has 0 spiro atoms. The summed E-state index contributed by atoms with van der Waals surface area (Å²) in [4.78, 5) is 42.9. The molecule has 0 atom stereocenters. The number of benzene rings is 2. The average Bonchev–Trinajstić information content (AvgIpc) is 3.54. The molecule has 8 rings (SSSR count). The molecule has 2 aromatic carbocycles. The van der Waals surface area contributed by atoms with E-state index in [9.17, 15) is 9.59 Å². The molecule has 2 saturated carbocycles. The first-order valence-electron chi connectivity index (χ1n) is 29.0. The van der Waals surface area contributed by atoms with Crippen molar-refractivity contribution in [2.45, 2.75) is 188 Å².